The highest BCUT2D eigenvalue weighted by Crippen LogP contribution is 2.10. The molecule has 4 heteroatoms. The minimum absolute atomic E-state index is 0.0458. The van der Waals surface area contributed by atoms with Crippen LogP contribution < -0.4 is 10.3 Å². The molecule has 4 nitrogen and oxygen atoms in total. The zero-order chi connectivity index (χ0) is 17.5. The van der Waals surface area contributed by atoms with Gasteiger partial charge in [-0.2, -0.15) is 0 Å². The Morgan fingerprint density at radius 2 is 1.60 bits per heavy atom. The summed E-state index contributed by atoms with van der Waals surface area (Å²) in [6.07, 6.45) is 2.53. The molecular formula is C21H21NO3. The summed E-state index contributed by atoms with van der Waals surface area (Å²) in [5.74, 6) is 0.581. The number of pyridine rings is 1. The molecule has 128 valence electrons. The lowest BCUT2D eigenvalue weighted by Crippen LogP contribution is -2.19. The quantitative estimate of drug-likeness (QED) is 0.721. The van der Waals surface area contributed by atoms with Crippen molar-refractivity contribution in [3.05, 3.63) is 100.0 Å². The second-order valence-electron chi connectivity index (χ2n) is 5.89. The number of hydrogen-bond acceptors (Lipinski definition) is 3. The zero-order valence-electron chi connectivity index (χ0n) is 14.0. The molecule has 0 aliphatic rings. The van der Waals surface area contributed by atoms with Crippen LogP contribution in [0.3, 0.4) is 0 Å². The van der Waals surface area contributed by atoms with Gasteiger partial charge in [-0.3, -0.25) is 4.79 Å². The topological polar surface area (TPSA) is 51.5 Å². The van der Waals surface area contributed by atoms with E-state index in [0.29, 0.717) is 18.9 Å². The molecule has 3 aromatic rings. The number of aromatic nitrogens is 1. The van der Waals surface area contributed by atoms with E-state index in [0.717, 1.165) is 23.1 Å². The Bertz CT molecular complexity index is 854. The van der Waals surface area contributed by atoms with E-state index < -0.39 is 0 Å². The number of aliphatic hydroxyl groups excluding tert-OH is 1. The van der Waals surface area contributed by atoms with Crippen molar-refractivity contribution in [2.45, 2.75) is 26.2 Å². The van der Waals surface area contributed by atoms with E-state index in [4.69, 9.17) is 9.84 Å². The van der Waals surface area contributed by atoms with E-state index in [1.165, 1.54) is 6.07 Å². The SMILES string of the molecule is O=c1cc(OCc2ccccc2)ccn1CCc1ccc(CO)cc1. The summed E-state index contributed by atoms with van der Waals surface area (Å²) in [6.45, 7) is 1.10. The largest absolute Gasteiger partial charge is 0.489 e. The molecule has 0 aliphatic carbocycles. The maximum Gasteiger partial charge on any atom is 0.254 e. The zero-order valence-corrected chi connectivity index (χ0v) is 14.0. The van der Waals surface area contributed by atoms with Gasteiger partial charge >= 0.3 is 0 Å². The Labute approximate surface area is 147 Å². The standard InChI is InChI=1S/C21H21NO3/c23-15-18-8-6-17(7-9-18)10-12-22-13-11-20(14-21(22)24)25-16-19-4-2-1-3-5-19/h1-9,11,13-14,23H,10,12,15-16H2. The fourth-order valence-corrected chi connectivity index (χ4v) is 2.57. The Morgan fingerprint density at radius 3 is 2.28 bits per heavy atom. The third-order valence-electron chi connectivity index (χ3n) is 4.06. The Kier molecular flexibility index (Phi) is 5.65. The van der Waals surface area contributed by atoms with Crippen molar-refractivity contribution in [2.75, 3.05) is 0 Å². The molecule has 1 N–H and O–H groups in total. The summed E-state index contributed by atoms with van der Waals surface area (Å²) in [7, 11) is 0. The minimum Gasteiger partial charge on any atom is -0.489 e. The monoisotopic (exact) mass is 335 g/mol. The first-order chi connectivity index (χ1) is 12.2. The first kappa shape index (κ1) is 17.0. The van der Waals surface area contributed by atoms with Crippen LogP contribution in [0.2, 0.25) is 0 Å². The molecular weight excluding hydrogens is 314 g/mol. The summed E-state index contributed by atoms with van der Waals surface area (Å²) in [4.78, 5) is 12.2. The lowest BCUT2D eigenvalue weighted by molar-refractivity contribution is 0.282. The van der Waals surface area contributed by atoms with Crippen LogP contribution in [0.15, 0.2) is 77.7 Å². The molecule has 0 atom stereocenters. The van der Waals surface area contributed by atoms with E-state index in [1.54, 1.807) is 10.8 Å². The van der Waals surface area contributed by atoms with Crippen LogP contribution >= 0.6 is 0 Å². The molecule has 0 radical (unpaired) electrons. The molecule has 0 amide bonds. The molecule has 25 heavy (non-hydrogen) atoms. The van der Waals surface area contributed by atoms with E-state index in [9.17, 15) is 4.79 Å². The number of hydrogen-bond donors (Lipinski definition) is 1. The average molecular weight is 335 g/mol. The van der Waals surface area contributed by atoms with Crippen LogP contribution in [0, 0.1) is 0 Å². The van der Waals surface area contributed by atoms with Crippen molar-refractivity contribution in [1.82, 2.24) is 4.57 Å². The van der Waals surface area contributed by atoms with E-state index in [1.807, 2.05) is 60.7 Å². The van der Waals surface area contributed by atoms with Gasteiger partial charge in [-0.15, -0.1) is 0 Å². The summed E-state index contributed by atoms with van der Waals surface area (Å²) in [6, 6.07) is 21.0. The van der Waals surface area contributed by atoms with Gasteiger partial charge in [-0.05, 0) is 29.2 Å². The van der Waals surface area contributed by atoms with E-state index in [2.05, 4.69) is 0 Å². The highest BCUT2D eigenvalue weighted by molar-refractivity contribution is 5.23. The Morgan fingerprint density at radius 1 is 0.880 bits per heavy atom. The number of aliphatic hydroxyl groups is 1. The van der Waals surface area contributed by atoms with Gasteiger partial charge in [-0.25, -0.2) is 0 Å². The number of nitrogens with zero attached hydrogens (tertiary/aromatic N) is 1. The lowest BCUT2D eigenvalue weighted by Gasteiger charge is -2.09. The molecule has 0 saturated carbocycles. The fourth-order valence-electron chi connectivity index (χ4n) is 2.57. The Hall–Kier alpha value is -2.85. The van der Waals surface area contributed by atoms with Gasteiger partial charge in [-0.1, -0.05) is 54.6 Å². The average Bonchev–Trinajstić information content (AvgIpc) is 2.67. The molecule has 3 rings (SSSR count). The summed E-state index contributed by atoms with van der Waals surface area (Å²) in [5.41, 5.74) is 3.02. The first-order valence-corrected chi connectivity index (χ1v) is 8.30. The maximum atomic E-state index is 12.2. The van der Waals surface area contributed by atoms with Gasteiger partial charge in [0, 0.05) is 18.8 Å². The third kappa shape index (κ3) is 4.81. The van der Waals surface area contributed by atoms with Crippen molar-refractivity contribution in [1.29, 1.82) is 0 Å². The summed E-state index contributed by atoms with van der Waals surface area (Å²) < 4.78 is 7.36. The molecule has 0 aliphatic heterocycles. The Balaban J connectivity index is 1.58. The van der Waals surface area contributed by atoms with E-state index >= 15 is 0 Å². The second-order valence-corrected chi connectivity index (χ2v) is 5.89. The predicted octanol–water partition coefficient (Wildman–Crippen LogP) is 3.16. The number of aryl methyl sites for hydroxylation is 2. The summed E-state index contributed by atoms with van der Waals surface area (Å²) in [5, 5.41) is 9.06. The smallest absolute Gasteiger partial charge is 0.254 e. The molecule has 1 aromatic heterocycles. The van der Waals surface area contributed by atoms with Crippen LogP contribution in [0.25, 0.3) is 0 Å². The predicted molar refractivity (Wildman–Crippen MR) is 97.5 cm³/mol. The molecule has 1 heterocycles. The molecule has 0 fully saturated rings. The van der Waals surface area contributed by atoms with Crippen LogP contribution in [0.1, 0.15) is 16.7 Å². The van der Waals surface area contributed by atoms with Gasteiger partial charge in [0.25, 0.3) is 5.56 Å². The van der Waals surface area contributed by atoms with Crippen molar-refractivity contribution < 1.29 is 9.84 Å². The summed E-state index contributed by atoms with van der Waals surface area (Å²) >= 11 is 0. The van der Waals surface area contributed by atoms with Crippen molar-refractivity contribution >= 4 is 0 Å². The van der Waals surface area contributed by atoms with Crippen LogP contribution in [0.5, 0.6) is 5.75 Å². The highest BCUT2D eigenvalue weighted by atomic mass is 16.5. The molecule has 0 saturated heterocycles. The van der Waals surface area contributed by atoms with Gasteiger partial charge in [0.1, 0.15) is 12.4 Å². The first-order valence-electron chi connectivity index (χ1n) is 8.30. The number of benzene rings is 2. The van der Waals surface area contributed by atoms with Gasteiger partial charge in [0.15, 0.2) is 0 Å². The van der Waals surface area contributed by atoms with Crippen LogP contribution in [-0.2, 0) is 26.2 Å². The van der Waals surface area contributed by atoms with Crippen molar-refractivity contribution in [3.8, 4) is 5.75 Å². The molecule has 0 unspecified atom stereocenters. The van der Waals surface area contributed by atoms with E-state index in [-0.39, 0.29) is 12.2 Å². The molecule has 0 bridgehead atoms. The molecule has 0 spiro atoms. The van der Waals surface area contributed by atoms with Gasteiger partial charge in [0.05, 0.1) is 6.61 Å². The van der Waals surface area contributed by atoms with Crippen molar-refractivity contribution in [2.24, 2.45) is 0 Å². The van der Waals surface area contributed by atoms with Crippen molar-refractivity contribution in [3.63, 3.8) is 0 Å². The lowest BCUT2D eigenvalue weighted by atomic mass is 10.1. The fraction of sp³-hybridized carbons (Fsp3) is 0.190. The minimum atomic E-state index is -0.0717. The molecule has 2 aromatic carbocycles. The van der Waals surface area contributed by atoms with Gasteiger partial charge < -0.3 is 14.4 Å². The highest BCUT2D eigenvalue weighted by Gasteiger charge is 2.02. The third-order valence-corrected chi connectivity index (χ3v) is 4.06. The number of ether oxygens (including phenoxy) is 1. The van der Waals surface area contributed by atoms with Crippen LogP contribution in [0.4, 0.5) is 0 Å². The maximum absolute atomic E-state index is 12.2. The van der Waals surface area contributed by atoms with Crippen LogP contribution in [-0.4, -0.2) is 9.67 Å². The second kappa shape index (κ2) is 8.31. The normalized spacial score (nSPS) is 10.6. The number of rotatable bonds is 7. The van der Waals surface area contributed by atoms with Gasteiger partial charge in [0.2, 0.25) is 0 Å².